The number of benzene rings is 2. The summed E-state index contributed by atoms with van der Waals surface area (Å²) in [5.74, 6) is 0.243. The van der Waals surface area contributed by atoms with E-state index < -0.39 is 10.0 Å². The summed E-state index contributed by atoms with van der Waals surface area (Å²) < 4.78 is 30.3. The van der Waals surface area contributed by atoms with Crippen molar-refractivity contribution in [2.45, 2.75) is 20.8 Å². The van der Waals surface area contributed by atoms with Gasteiger partial charge in [-0.2, -0.15) is 0 Å². The van der Waals surface area contributed by atoms with Crippen LogP contribution in [0.5, 0.6) is 5.75 Å². The number of aryl methyl sites for hydroxylation is 2. The maximum atomic E-state index is 12.1. The normalized spacial score (nSPS) is 11.1. The molecule has 0 aromatic heterocycles. The Hall–Kier alpha value is -2.54. The van der Waals surface area contributed by atoms with Crippen molar-refractivity contribution in [1.29, 1.82) is 0 Å². The maximum absolute atomic E-state index is 12.1. The van der Waals surface area contributed by atoms with Gasteiger partial charge in [-0.25, -0.2) is 8.42 Å². The van der Waals surface area contributed by atoms with Crippen LogP contribution in [0.3, 0.4) is 0 Å². The molecule has 0 unspecified atom stereocenters. The molecule has 0 spiro atoms. The Balaban J connectivity index is 1.98. The van der Waals surface area contributed by atoms with Gasteiger partial charge >= 0.3 is 0 Å². The molecular weight excluding hydrogens is 352 g/mol. The topological polar surface area (TPSA) is 75.7 Å². The number of rotatable bonds is 7. The van der Waals surface area contributed by atoms with Gasteiger partial charge in [0.2, 0.25) is 10.0 Å². The molecule has 0 atom stereocenters. The van der Waals surface area contributed by atoms with Crippen molar-refractivity contribution in [3.05, 3.63) is 53.6 Å². The first-order valence-corrected chi connectivity index (χ1v) is 10.1. The number of sulfonamides is 1. The van der Waals surface area contributed by atoms with Gasteiger partial charge in [0.1, 0.15) is 5.75 Å². The second kappa shape index (κ2) is 8.23. The number of carbonyl (C=O) groups excluding carboxylic acids is 1. The van der Waals surface area contributed by atoms with Gasteiger partial charge in [0.25, 0.3) is 5.91 Å². The summed E-state index contributed by atoms with van der Waals surface area (Å²) in [6.07, 6.45) is 1.17. The number of nitrogens with one attached hydrogen (secondary N) is 1. The largest absolute Gasteiger partial charge is 0.484 e. The molecule has 0 fully saturated rings. The van der Waals surface area contributed by atoms with Gasteiger partial charge < -0.3 is 10.1 Å². The minimum Gasteiger partial charge on any atom is -0.484 e. The van der Waals surface area contributed by atoms with Crippen molar-refractivity contribution >= 4 is 27.3 Å². The SMILES string of the molecule is CCN(c1ccc(OCC(=O)Nc2c(C)cccc2C)cc1)S(C)(=O)=O. The number of nitrogens with zero attached hydrogens (tertiary/aromatic N) is 1. The van der Waals surface area contributed by atoms with Crippen LogP contribution >= 0.6 is 0 Å². The van der Waals surface area contributed by atoms with Gasteiger partial charge in [-0.05, 0) is 56.2 Å². The highest BCUT2D eigenvalue weighted by Crippen LogP contribution is 2.22. The van der Waals surface area contributed by atoms with Crippen LogP contribution in [-0.4, -0.2) is 33.7 Å². The van der Waals surface area contributed by atoms with E-state index in [1.54, 1.807) is 31.2 Å². The van der Waals surface area contributed by atoms with Crippen molar-refractivity contribution < 1.29 is 17.9 Å². The summed E-state index contributed by atoms with van der Waals surface area (Å²) in [5, 5.41) is 2.86. The van der Waals surface area contributed by atoms with E-state index in [1.165, 1.54) is 10.6 Å². The Bertz CT molecular complexity index is 857. The first-order chi connectivity index (χ1) is 12.2. The third-order valence-electron chi connectivity index (χ3n) is 3.93. The minimum absolute atomic E-state index is 0.128. The molecule has 0 aliphatic rings. The van der Waals surface area contributed by atoms with Crippen LogP contribution < -0.4 is 14.4 Å². The Labute approximate surface area is 154 Å². The van der Waals surface area contributed by atoms with Crippen molar-refractivity contribution in [2.75, 3.05) is 29.0 Å². The van der Waals surface area contributed by atoms with Crippen molar-refractivity contribution in [3.63, 3.8) is 0 Å². The van der Waals surface area contributed by atoms with Crippen molar-refractivity contribution in [1.82, 2.24) is 0 Å². The van der Waals surface area contributed by atoms with Gasteiger partial charge in [0.05, 0.1) is 11.9 Å². The summed E-state index contributed by atoms with van der Waals surface area (Å²) in [7, 11) is -3.32. The first-order valence-electron chi connectivity index (χ1n) is 8.29. The molecule has 0 aliphatic heterocycles. The van der Waals surface area contributed by atoms with Crippen LogP contribution in [-0.2, 0) is 14.8 Å². The minimum atomic E-state index is -3.32. The molecule has 0 saturated carbocycles. The van der Waals surface area contributed by atoms with E-state index in [1.807, 2.05) is 32.0 Å². The van der Waals surface area contributed by atoms with Crippen molar-refractivity contribution in [3.8, 4) is 5.75 Å². The lowest BCUT2D eigenvalue weighted by atomic mass is 10.1. The Morgan fingerprint density at radius 3 is 2.15 bits per heavy atom. The molecule has 0 heterocycles. The number of para-hydroxylation sites is 1. The number of amides is 1. The van der Waals surface area contributed by atoms with Crippen LogP contribution in [0.2, 0.25) is 0 Å². The lowest BCUT2D eigenvalue weighted by Crippen LogP contribution is -2.29. The lowest BCUT2D eigenvalue weighted by Gasteiger charge is -2.20. The Kier molecular flexibility index (Phi) is 6.26. The standard InChI is InChI=1S/C19H24N2O4S/c1-5-21(26(4,23)24)16-9-11-17(12-10-16)25-13-18(22)20-19-14(2)7-6-8-15(19)3/h6-12H,5,13H2,1-4H3,(H,20,22). The van der Waals surface area contributed by atoms with E-state index in [0.29, 0.717) is 18.0 Å². The van der Waals surface area contributed by atoms with Crippen molar-refractivity contribution in [2.24, 2.45) is 0 Å². The number of hydrogen-bond acceptors (Lipinski definition) is 4. The van der Waals surface area contributed by atoms with E-state index in [-0.39, 0.29) is 12.5 Å². The van der Waals surface area contributed by atoms with Crippen LogP contribution in [0.1, 0.15) is 18.1 Å². The van der Waals surface area contributed by atoms with E-state index in [9.17, 15) is 13.2 Å². The first kappa shape index (κ1) is 19.8. The number of ether oxygens (including phenoxy) is 1. The average Bonchev–Trinajstić information content (AvgIpc) is 2.57. The fraction of sp³-hybridized carbons (Fsp3) is 0.316. The zero-order valence-corrected chi connectivity index (χ0v) is 16.3. The highest BCUT2D eigenvalue weighted by molar-refractivity contribution is 7.92. The number of carbonyl (C=O) groups is 1. The Morgan fingerprint density at radius 1 is 1.08 bits per heavy atom. The summed E-state index contributed by atoms with van der Waals surface area (Å²) in [6, 6.07) is 12.4. The van der Waals surface area contributed by atoms with Gasteiger partial charge in [0.15, 0.2) is 6.61 Å². The molecule has 0 aliphatic carbocycles. The Morgan fingerprint density at radius 2 is 1.65 bits per heavy atom. The molecule has 0 radical (unpaired) electrons. The number of anilines is 2. The summed E-state index contributed by atoms with van der Waals surface area (Å²) in [6.45, 7) is 5.85. The number of hydrogen-bond donors (Lipinski definition) is 1. The molecule has 1 N–H and O–H groups in total. The predicted molar refractivity (Wildman–Crippen MR) is 104 cm³/mol. The summed E-state index contributed by atoms with van der Waals surface area (Å²) in [5.41, 5.74) is 3.33. The molecule has 2 aromatic carbocycles. The summed E-state index contributed by atoms with van der Waals surface area (Å²) in [4.78, 5) is 12.1. The predicted octanol–water partition coefficient (Wildman–Crippen LogP) is 3.11. The fourth-order valence-corrected chi connectivity index (χ4v) is 3.63. The van der Waals surface area contributed by atoms with Crippen LogP contribution in [0.25, 0.3) is 0 Å². The molecule has 0 bridgehead atoms. The fourth-order valence-electron chi connectivity index (χ4n) is 2.65. The molecule has 140 valence electrons. The van der Waals surface area contributed by atoms with E-state index >= 15 is 0 Å². The molecule has 2 aromatic rings. The highest BCUT2D eigenvalue weighted by Gasteiger charge is 2.15. The summed E-state index contributed by atoms with van der Waals surface area (Å²) >= 11 is 0. The smallest absolute Gasteiger partial charge is 0.262 e. The molecule has 0 saturated heterocycles. The zero-order valence-electron chi connectivity index (χ0n) is 15.4. The van der Waals surface area contributed by atoms with Gasteiger partial charge in [-0.15, -0.1) is 0 Å². The van der Waals surface area contributed by atoms with E-state index in [2.05, 4.69) is 5.32 Å². The lowest BCUT2D eigenvalue weighted by molar-refractivity contribution is -0.118. The van der Waals surface area contributed by atoms with Crippen LogP contribution in [0.15, 0.2) is 42.5 Å². The molecule has 1 amide bonds. The molecule has 26 heavy (non-hydrogen) atoms. The third-order valence-corrected chi connectivity index (χ3v) is 5.20. The molecule has 7 heteroatoms. The maximum Gasteiger partial charge on any atom is 0.262 e. The van der Waals surface area contributed by atoms with Gasteiger partial charge in [-0.1, -0.05) is 18.2 Å². The quantitative estimate of drug-likeness (QED) is 0.806. The monoisotopic (exact) mass is 376 g/mol. The molecular formula is C19H24N2O4S. The van der Waals surface area contributed by atoms with Crippen LogP contribution in [0.4, 0.5) is 11.4 Å². The van der Waals surface area contributed by atoms with Gasteiger partial charge in [-0.3, -0.25) is 9.10 Å². The molecule has 6 nitrogen and oxygen atoms in total. The van der Waals surface area contributed by atoms with Crippen LogP contribution in [0, 0.1) is 13.8 Å². The third kappa shape index (κ3) is 4.98. The average molecular weight is 376 g/mol. The van der Waals surface area contributed by atoms with Gasteiger partial charge in [0, 0.05) is 12.2 Å². The second-order valence-electron chi connectivity index (χ2n) is 6.03. The molecule has 2 rings (SSSR count). The second-order valence-corrected chi connectivity index (χ2v) is 7.93. The zero-order chi connectivity index (χ0) is 19.3. The van der Waals surface area contributed by atoms with E-state index in [4.69, 9.17) is 4.74 Å². The highest BCUT2D eigenvalue weighted by atomic mass is 32.2. The van der Waals surface area contributed by atoms with E-state index in [0.717, 1.165) is 16.8 Å².